The number of nitrogens with one attached hydrogen (secondary N) is 1. The van der Waals surface area contributed by atoms with Crippen molar-refractivity contribution in [1.29, 1.82) is 0 Å². The van der Waals surface area contributed by atoms with Crippen LogP contribution in [0, 0.1) is 10.1 Å². The van der Waals surface area contributed by atoms with Gasteiger partial charge in [0.1, 0.15) is 5.01 Å². The van der Waals surface area contributed by atoms with Gasteiger partial charge >= 0.3 is 0 Å². The SMILES string of the molecule is O=C(Nc1ccc(-c2nc3ccccc3s2)cc1)c1cccc([N+](=O)[O-])c1. The summed E-state index contributed by atoms with van der Waals surface area (Å²) >= 11 is 1.61. The summed E-state index contributed by atoms with van der Waals surface area (Å²) in [5.74, 6) is -0.397. The fourth-order valence-electron chi connectivity index (χ4n) is 2.66. The number of benzene rings is 3. The van der Waals surface area contributed by atoms with E-state index in [0.717, 1.165) is 20.8 Å². The van der Waals surface area contributed by atoms with Crippen LogP contribution in [0.1, 0.15) is 10.4 Å². The summed E-state index contributed by atoms with van der Waals surface area (Å²) < 4.78 is 1.12. The topological polar surface area (TPSA) is 85.1 Å². The Morgan fingerprint density at radius 2 is 1.78 bits per heavy atom. The molecule has 0 atom stereocenters. The molecule has 7 heteroatoms. The molecule has 0 bridgehead atoms. The fraction of sp³-hybridized carbons (Fsp3) is 0. The van der Waals surface area contributed by atoms with Crippen LogP contribution >= 0.6 is 11.3 Å². The van der Waals surface area contributed by atoms with Gasteiger partial charge in [-0.15, -0.1) is 11.3 Å². The number of nitrogens with zero attached hydrogens (tertiary/aromatic N) is 2. The quantitative estimate of drug-likeness (QED) is 0.396. The molecule has 1 heterocycles. The van der Waals surface area contributed by atoms with Gasteiger partial charge in [0.25, 0.3) is 11.6 Å². The van der Waals surface area contributed by atoms with E-state index in [4.69, 9.17) is 0 Å². The van der Waals surface area contributed by atoms with Crippen LogP contribution in [0.3, 0.4) is 0 Å². The Morgan fingerprint density at radius 3 is 2.52 bits per heavy atom. The number of nitro groups is 1. The van der Waals surface area contributed by atoms with Crippen molar-refractivity contribution in [2.24, 2.45) is 0 Å². The molecule has 132 valence electrons. The highest BCUT2D eigenvalue weighted by Gasteiger charge is 2.12. The zero-order valence-corrected chi connectivity index (χ0v) is 14.8. The van der Waals surface area contributed by atoms with Gasteiger partial charge in [0.2, 0.25) is 0 Å². The Morgan fingerprint density at radius 1 is 1.00 bits per heavy atom. The molecule has 0 radical (unpaired) electrons. The second kappa shape index (κ2) is 6.97. The van der Waals surface area contributed by atoms with Crippen molar-refractivity contribution in [3.05, 3.63) is 88.5 Å². The normalized spacial score (nSPS) is 10.7. The first-order chi connectivity index (χ1) is 13.1. The Hall–Kier alpha value is -3.58. The molecule has 4 rings (SSSR count). The van der Waals surface area contributed by atoms with E-state index in [1.807, 2.05) is 36.4 Å². The van der Waals surface area contributed by atoms with Crippen LogP contribution in [-0.4, -0.2) is 15.8 Å². The molecule has 3 aromatic carbocycles. The number of hydrogen-bond acceptors (Lipinski definition) is 5. The number of carbonyl (C=O) groups excluding carboxylic acids is 1. The molecule has 4 aromatic rings. The van der Waals surface area contributed by atoms with Gasteiger partial charge in [-0.3, -0.25) is 14.9 Å². The summed E-state index contributed by atoms with van der Waals surface area (Å²) in [4.78, 5) is 27.2. The maximum atomic E-state index is 12.3. The standard InChI is InChI=1S/C20H13N3O3S/c24-19(14-4-3-5-16(12-14)23(25)26)21-15-10-8-13(9-11-15)20-22-17-6-1-2-7-18(17)27-20/h1-12H,(H,21,24). The highest BCUT2D eigenvalue weighted by atomic mass is 32.1. The zero-order valence-electron chi connectivity index (χ0n) is 14.0. The molecular weight excluding hydrogens is 362 g/mol. The number of hydrogen-bond donors (Lipinski definition) is 1. The van der Waals surface area contributed by atoms with Crippen LogP contribution in [0.15, 0.2) is 72.8 Å². The number of carbonyl (C=O) groups is 1. The van der Waals surface area contributed by atoms with Crippen LogP contribution in [0.25, 0.3) is 20.8 Å². The number of amides is 1. The first-order valence-corrected chi connectivity index (χ1v) is 8.93. The van der Waals surface area contributed by atoms with Crippen LogP contribution in [0.2, 0.25) is 0 Å². The van der Waals surface area contributed by atoms with Crippen molar-refractivity contribution in [3.63, 3.8) is 0 Å². The summed E-state index contributed by atoms with van der Waals surface area (Å²) in [6, 6.07) is 20.9. The Bertz CT molecular complexity index is 1120. The van der Waals surface area contributed by atoms with Crippen molar-refractivity contribution in [3.8, 4) is 10.6 Å². The maximum absolute atomic E-state index is 12.3. The lowest BCUT2D eigenvalue weighted by Crippen LogP contribution is -2.11. The molecular formula is C20H13N3O3S. The number of rotatable bonds is 4. The number of para-hydroxylation sites is 1. The van der Waals surface area contributed by atoms with Gasteiger partial charge in [0.05, 0.1) is 15.1 Å². The third-order valence-electron chi connectivity index (χ3n) is 4.00. The molecule has 27 heavy (non-hydrogen) atoms. The first kappa shape index (κ1) is 16.9. The average molecular weight is 375 g/mol. The van der Waals surface area contributed by atoms with Gasteiger partial charge in [-0.1, -0.05) is 18.2 Å². The van der Waals surface area contributed by atoms with E-state index in [2.05, 4.69) is 10.3 Å². The molecule has 0 aliphatic heterocycles. The van der Waals surface area contributed by atoms with Crippen LogP contribution in [0.5, 0.6) is 0 Å². The van der Waals surface area contributed by atoms with Crippen molar-refractivity contribution in [2.45, 2.75) is 0 Å². The molecule has 1 aromatic heterocycles. The van der Waals surface area contributed by atoms with Crippen molar-refractivity contribution in [1.82, 2.24) is 4.98 Å². The highest BCUT2D eigenvalue weighted by Crippen LogP contribution is 2.30. The summed E-state index contributed by atoms with van der Waals surface area (Å²) in [6.07, 6.45) is 0. The largest absolute Gasteiger partial charge is 0.322 e. The van der Waals surface area contributed by atoms with E-state index in [1.54, 1.807) is 23.5 Å². The maximum Gasteiger partial charge on any atom is 0.270 e. The zero-order chi connectivity index (χ0) is 18.8. The molecule has 0 saturated heterocycles. The molecule has 6 nitrogen and oxygen atoms in total. The molecule has 0 unspecified atom stereocenters. The van der Waals surface area contributed by atoms with Crippen LogP contribution < -0.4 is 5.32 Å². The Balaban J connectivity index is 1.53. The summed E-state index contributed by atoms with van der Waals surface area (Å²) in [6.45, 7) is 0. The number of thiazole rings is 1. The Labute approximate surface area is 158 Å². The molecule has 1 N–H and O–H groups in total. The Kier molecular flexibility index (Phi) is 4.35. The first-order valence-electron chi connectivity index (χ1n) is 8.12. The van der Waals surface area contributed by atoms with E-state index in [1.165, 1.54) is 24.3 Å². The van der Waals surface area contributed by atoms with Crippen molar-refractivity contribution in [2.75, 3.05) is 5.32 Å². The van der Waals surface area contributed by atoms with Crippen molar-refractivity contribution < 1.29 is 9.72 Å². The third-order valence-corrected chi connectivity index (χ3v) is 5.09. The minimum atomic E-state index is -0.524. The van der Waals surface area contributed by atoms with E-state index in [-0.39, 0.29) is 11.3 Å². The van der Waals surface area contributed by atoms with Gasteiger partial charge in [-0.25, -0.2) is 4.98 Å². The molecule has 0 saturated carbocycles. The summed E-state index contributed by atoms with van der Waals surface area (Å²) in [7, 11) is 0. The fourth-order valence-corrected chi connectivity index (χ4v) is 3.63. The number of fused-ring (bicyclic) bond motifs is 1. The summed E-state index contributed by atoms with van der Waals surface area (Å²) in [5, 5.41) is 14.5. The number of aromatic nitrogens is 1. The lowest BCUT2D eigenvalue weighted by atomic mass is 10.1. The van der Waals surface area contributed by atoms with E-state index < -0.39 is 10.8 Å². The molecule has 1 amide bonds. The van der Waals surface area contributed by atoms with Gasteiger partial charge < -0.3 is 5.32 Å². The van der Waals surface area contributed by atoms with Gasteiger partial charge in [-0.05, 0) is 42.5 Å². The van der Waals surface area contributed by atoms with E-state index in [9.17, 15) is 14.9 Å². The van der Waals surface area contributed by atoms with Gasteiger partial charge in [-0.2, -0.15) is 0 Å². The minimum Gasteiger partial charge on any atom is -0.322 e. The number of nitro benzene ring substituents is 1. The second-order valence-corrected chi connectivity index (χ2v) is 6.86. The van der Waals surface area contributed by atoms with Gasteiger partial charge in [0, 0.05) is 28.9 Å². The molecule has 0 spiro atoms. The van der Waals surface area contributed by atoms with Gasteiger partial charge in [0.15, 0.2) is 0 Å². The number of anilines is 1. The van der Waals surface area contributed by atoms with E-state index in [0.29, 0.717) is 5.69 Å². The molecule has 0 fully saturated rings. The molecule has 0 aliphatic carbocycles. The van der Waals surface area contributed by atoms with Crippen LogP contribution in [-0.2, 0) is 0 Å². The predicted octanol–water partition coefficient (Wildman–Crippen LogP) is 5.12. The monoisotopic (exact) mass is 375 g/mol. The second-order valence-electron chi connectivity index (χ2n) is 5.83. The lowest BCUT2D eigenvalue weighted by molar-refractivity contribution is -0.384. The van der Waals surface area contributed by atoms with E-state index >= 15 is 0 Å². The minimum absolute atomic E-state index is 0.117. The molecule has 0 aliphatic rings. The number of non-ortho nitro benzene ring substituents is 1. The lowest BCUT2D eigenvalue weighted by Gasteiger charge is -2.06. The summed E-state index contributed by atoms with van der Waals surface area (Å²) in [5.41, 5.74) is 2.65. The smallest absolute Gasteiger partial charge is 0.270 e. The third kappa shape index (κ3) is 3.54. The highest BCUT2D eigenvalue weighted by molar-refractivity contribution is 7.21. The average Bonchev–Trinajstić information content (AvgIpc) is 3.13. The predicted molar refractivity (Wildman–Crippen MR) is 106 cm³/mol. The van der Waals surface area contributed by atoms with Crippen molar-refractivity contribution >= 4 is 38.8 Å². The van der Waals surface area contributed by atoms with Crippen LogP contribution in [0.4, 0.5) is 11.4 Å².